The van der Waals surface area contributed by atoms with Crippen LogP contribution >= 0.6 is 0 Å². The summed E-state index contributed by atoms with van der Waals surface area (Å²) < 4.78 is 0. The second kappa shape index (κ2) is 9.95. The number of nitrogens with two attached hydrogens (primary N) is 1. The van der Waals surface area contributed by atoms with Gasteiger partial charge in [-0.1, -0.05) is 12.1 Å². The number of amides is 2. The van der Waals surface area contributed by atoms with Crippen molar-refractivity contribution in [3.05, 3.63) is 83.6 Å². The van der Waals surface area contributed by atoms with Gasteiger partial charge in [0.2, 0.25) is 5.91 Å². The van der Waals surface area contributed by atoms with E-state index < -0.39 is 5.91 Å². The lowest BCUT2D eigenvalue weighted by atomic mass is 10.1. The summed E-state index contributed by atoms with van der Waals surface area (Å²) in [5.41, 5.74) is 16.5. The Morgan fingerprint density at radius 3 is 2.50 bits per heavy atom. The molecule has 0 atom stereocenters. The SMILES string of the molecule is CC(=O)N1CCN(c2ccc(NC3=CC(NCc4cccc5[nH]ccc45)=C(C(N)=O)NN3)cc2)CC1. The highest BCUT2D eigenvalue weighted by Gasteiger charge is 2.20. The van der Waals surface area contributed by atoms with Gasteiger partial charge in [-0.15, -0.1) is 0 Å². The third kappa shape index (κ3) is 4.92. The minimum absolute atomic E-state index is 0.125. The molecule has 7 N–H and O–H groups in total. The number of carbonyl (C=O) groups excluding carboxylic acids is 2. The van der Waals surface area contributed by atoms with Gasteiger partial charge in [0.15, 0.2) is 0 Å². The highest BCUT2D eigenvalue weighted by molar-refractivity contribution is 5.93. The van der Waals surface area contributed by atoms with E-state index in [0.717, 1.165) is 54.0 Å². The summed E-state index contributed by atoms with van der Waals surface area (Å²) in [5.74, 6) is 0.236. The first-order chi connectivity index (χ1) is 17.5. The first-order valence-electron chi connectivity index (χ1n) is 11.9. The molecule has 0 unspecified atom stereocenters. The number of nitrogens with one attached hydrogen (secondary N) is 5. The fourth-order valence-corrected chi connectivity index (χ4v) is 4.54. The predicted octanol–water partition coefficient (Wildman–Crippen LogP) is 1.68. The van der Waals surface area contributed by atoms with Crippen molar-refractivity contribution >= 4 is 34.1 Å². The normalized spacial score (nSPS) is 15.8. The minimum Gasteiger partial charge on any atom is -0.379 e. The molecular weight excluding hydrogens is 456 g/mol. The van der Waals surface area contributed by atoms with Crippen molar-refractivity contribution in [1.82, 2.24) is 26.1 Å². The molecule has 5 rings (SSSR count). The monoisotopic (exact) mass is 486 g/mol. The maximum absolute atomic E-state index is 12.0. The second-order valence-electron chi connectivity index (χ2n) is 8.84. The van der Waals surface area contributed by atoms with Gasteiger partial charge in [-0.3, -0.25) is 20.4 Å². The molecule has 0 aliphatic carbocycles. The Labute approximate surface area is 209 Å². The molecule has 0 saturated carbocycles. The molecule has 3 heterocycles. The number of nitrogens with zero attached hydrogens (tertiary/aromatic N) is 2. The van der Waals surface area contributed by atoms with Crippen molar-refractivity contribution in [3.8, 4) is 0 Å². The van der Waals surface area contributed by atoms with Crippen LogP contribution in [-0.2, 0) is 16.1 Å². The molecule has 10 nitrogen and oxygen atoms in total. The Kier molecular flexibility index (Phi) is 6.40. The molecule has 2 aliphatic rings. The van der Waals surface area contributed by atoms with Gasteiger partial charge >= 0.3 is 0 Å². The van der Waals surface area contributed by atoms with Gasteiger partial charge in [0.1, 0.15) is 11.5 Å². The van der Waals surface area contributed by atoms with E-state index in [1.54, 1.807) is 6.92 Å². The van der Waals surface area contributed by atoms with Gasteiger partial charge < -0.3 is 31.2 Å². The van der Waals surface area contributed by atoms with Crippen molar-refractivity contribution in [3.63, 3.8) is 0 Å². The Bertz CT molecular complexity index is 1330. The van der Waals surface area contributed by atoms with Crippen LogP contribution < -0.4 is 32.1 Å². The van der Waals surface area contributed by atoms with Gasteiger partial charge in [-0.25, -0.2) is 0 Å². The maximum Gasteiger partial charge on any atom is 0.268 e. The number of primary amides is 1. The lowest BCUT2D eigenvalue weighted by Gasteiger charge is -2.35. The Morgan fingerprint density at radius 2 is 1.78 bits per heavy atom. The number of hydrazine groups is 1. The Morgan fingerprint density at radius 1 is 1.00 bits per heavy atom. The average Bonchev–Trinajstić information content (AvgIpc) is 3.38. The zero-order valence-electron chi connectivity index (χ0n) is 20.1. The van der Waals surface area contributed by atoms with E-state index in [4.69, 9.17) is 5.73 Å². The molecule has 186 valence electrons. The van der Waals surface area contributed by atoms with Gasteiger partial charge in [0.05, 0.1) is 5.70 Å². The maximum atomic E-state index is 12.0. The van der Waals surface area contributed by atoms with Crippen molar-refractivity contribution in [2.24, 2.45) is 5.73 Å². The van der Waals surface area contributed by atoms with E-state index in [-0.39, 0.29) is 11.6 Å². The van der Waals surface area contributed by atoms with Crippen molar-refractivity contribution in [1.29, 1.82) is 0 Å². The van der Waals surface area contributed by atoms with Crippen molar-refractivity contribution < 1.29 is 9.59 Å². The number of anilines is 2. The Balaban J connectivity index is 1.26. The fourth-order valence-electron chi connectivity index (χ4n) is 4.54. The minimum atomic E-state index is -0.561. The third-order valence-electron chi connectivity index (χ3n) is 6.52. The van der Waals surface area contributed by atoms with Crippen molar-refractivity contribution in [2.75, 3.05) is 36.4 Å². The van der Waals surface area contributed by atoms with Crippen LogP contribution in [0.4, 0.5) is 11.4 Å². The molecule has 36 heavy (non-hydrogen) atoms. The first-order valence-corrected chi connectivity index (χ1v) is 11.9. The van der Waals surface area contributed by atoms with E-state index in [1.807, 2.05) is 53.6 Å². The standard InChI is InChI=1S/C26H30N8O2/c1-17(35)33-11-13-34(14-12-33)20-7-5-19(6-8-20)30-24-15-23(25(26(27)36)32-31-24)29-16-18-3-2-4-22-21(18)9-10-28-22/h2-10,15,28-32H,11-14,16H2,1H3,(H2,27,36). The van der Waals surface area contributed by atoms with Gasteiger partial charge in [0.25, 0.3) is 5.91 Å². The summed E-state index contributed by atoms with van der Waals surface area (Å²) in [4.78, 5) is 30.9. The van der Waals surface area contributed by atoms with Crippen LogP contribution in [0.2, 0.25) is 0 Å². The highest BCUT2D eigenvalue weighted by Crippen LogP contribution is 2.22. The number of piperazine rings is 1. The van der Waals surface area contributed by atoms with Crippen LogP contribution in [0.1, 0.15) is 12.5 Å². The number of benzene rings is 2. The van der Waals surface area contributed by atoms with E-state index in [9.17, 15) is 9.59 Å². The number of aromatic nitrogens is 1. The molecule has 2 amide bonds. The largest absolute Gasteiger partial charge is 0.379 e. The summed E-state index contributed by atoms with van der Waals surface area (Å²) >= 11 is 0. The van der Waals surface area contributed by atoms with Gasteiger partial charge in [-0.2, -0.15) is 0 Å². The molecule has 2 aromatic carbocycles. The molecule has 1 aromatic heterocycles. The molecule has 10 heteroatoms. The number of allylic oxidation sites excluding steroid dienone is 1. The number of rotatable bonds is 7. The molecule has 3 aromatic rings. The number of aromatic amines is 1. The van der Waals surface area contributed by atoms with Crippen LogP contribution in [0.15, 0.2) is 78.0 Å². The van der Waals surface area contributed by atoms with Gasteiger partial charge in [0, 0.05) is 74.2 Å². The fraction of sp³-hybridized carbons (Fsp3) is 0.231. The summed E-state index contributed by atoms with van der Waals surface area (Å²) in [6.07, 6.45) is 3.73. The molecule has 2 aliphatic heterocycles. The highest BCUT2D eigenvalue weighted by atomic mass is 16.2. The van der Waals surface area contributed by atoms with Crippen LogP contribution in [0.5, 0.6) is 0 Å². The quantitative estimate of drug-likeness (QED) is 0.300. The van der Waals surface area contributed by atoms with Crippen LogP contribution in [0, 0.1) is 0 Å². The number of H-pyrrole nitrogens is 1. The third-order valence-corrected chi connectivity index (χ3v) is 6.52. The second-order valence-corrected chi connectivity index (χ2v) is 8.84. The van der Waals surface area contributed by atoms with E-state index in [0.29, 0.717) is 18.1 Å². The first kappa shape index (κ1) is 23.2. The number of hydrogen-bond acceptors (Lipinski definition) is 7. The lowest BCUT2D eigenvalue weighted by molar-refractivity contribution is -0.129. The Hall–Kier alpha value is -4.60. The molecule has 0 radical (unpaired) electrons. The molecule has 0 spiro atoms. The summed E-state index contributed by atoms with van der Waals surface area (Å²) in [7, 11) is 0. The molecule has 0 bridgehead atoms. The van der Waals surface area contributed by atoms with E-state index >= 15 is 0 Å². The van der Waals surface area contributed by atoms with Crippen LogP contribution in [0.3, 0.4) is 0 Å². The molecule has 1 fully saturated rings. The van der Waals surface area contributed by atoms with Gasteiger partial charge in [-0.05, 0) is 42.0 Å². The van der Waals surface area contributed by atoms with E-state index in [2.05, 4.69) is 43.5 Å². The number of fused-ring (bicyclic) bond motifs is 1. The zero-order valence-corrected chi connectivity index (χ0v) is 20.1. The average molecular weight is 487 g/mol. The number of hydrogen-bond donors (Lipinski definition) is 6. The smallest absolute Gasteiger partial charge is 0.268 e. The predicted molar refractivity (Wildman–Crippen MR) is 140 cm³/mol. The summed E-state index contributed by atoms with van der Waals surface area (Å²) in [6.45, 7) is 5.24. The summed E-state index contributed by atoms with van der Waals surface area (Å²) in [5, 5.41) is 7.80. The van der Waals surface area contributed by atoms with Crippen molar-refractivity contribution in [2.45, 2.75) is 13.5 Å². The summed E-state index contributed by atoms with van der Waals surface area (Å²) in [6, 6.07) is 16.2. The van der Waals surface area contributed by atoms with Crippen LogP contribution in [0.25, 0.3) is 10.9 Å². The van der Waals surface area contributed by atoms with E-state index in [1.165, 1.54) is 0 Å². The zero-order chi connectivity index (χ0) is 25.1. The number of carbonyl (C=O) groups is 2. The topological polar surface area (TPSA) is 131 Å². The lowest BCUT2D eigenvalue weighted by Crippen LogP contribution is -2.48. The molecule has 1 saturated heterocycles. The molecular formula is C26H30N8O2. The van der Waals surface area contributed by atoms with Crippen LogP contribution in [-0.4, -0.2) is 47.9 Å².